The quantitative estimate of drug-likeness (QED) is 0.810. The van der Waals surface area contributed by atoms with Crippen LogP contribution in [0.3, 0.4) is 0 Å². The molecule has 1 N–H and O–H groups in total. The van der Waals surface area contributed by atoms with Crippen molar-refractivity contribution in [3.05, 3.63) is 35.4 Å². The Bertz CT molecular complexity index is 392. The highest BCUT2D eigenvalue weighted by atomic mass is 19.2. The third-order valence-electron chi connectivity index (χ3n) is 4.01. The minimum Gasteiger partial charge on any atom is -0.317 e. The maximum absolute atomic E-state index is 13.2. The van der Waals surface area contributed by atoms with Gasteiger partial charge in [-0.1, -0.05) is 25.3 Å². The summed E-state index contributed by atoms with van der Waals surface area (Å²) in [6, 6.07) is 4.78. The predicted octanol–water partition coefficient (Wildman–Crippen LogP) is 3.68. The highest BCUT2D eigenvalue weighted by molar-refractivity contribution is 5.18. The monoisotopic (exact) mass is 253 g/mol. The Hall–Kier alpha value is -0.960. The summed E-state index contributed by atoms with van der Waals surface area (Å²) in [5.41, 5.74) is 0.904. The van der Waals surface area contributed by atoms with Gasteiger partial charge in [0.1, 0.15) is 0 Å². The standard InChI is InChI=1S/C15H21F2N/c1-18-15-6-4-2-3-5-12(15)9-11-7-8-13(16)14(17)10-11/h7-8,10,12,15,18H,2-6,9H2,1H3. The zero-order valence-electron chi connectivity index (χ0n) is 10.9. The molecule has 0 heterocycles. The summed E-state index contributed by atoms with van der Waals surface area (Å²) >= 11 is 0. The Kier molecular flexibility index (Phi) is 4.70. The molecule has 2 unspecified atom stereocenters. The summed E-state index contributed by atoms with van der Waals surface area (Å²) in [7, 11) is 1.99. The smallest absolute Gasteiger partial charge is 0.159 e. The number of nitrogens with one attached hydrogen (secondary N) is 1. The van der Waals surface area contributed by atoms with Crippen molar-refractivity contribution in [3.8, 4) is 0 Å². The second-order valence-corrected chi connectivity index (χ2v) is 5.25. The van der Waals surface area contributed by atoms with Gasteiger partial charge in [0.25, 0.3) is 0 Å². The van der Waals surface area contributed by atoms with Gasteiger partial charge >= 0.3 is 0 Å². The highest BCUT2D eigenvalue weighted by Crippen LogP contribution is 2.27. The van der Waals surface area contributed by atoms with Gasteiger partial charge in [-0.05, 0) is 49.9 Å². The second-order valence-electron chi connectivity index (χ2n) is 5.25. The first kappa shape index (κ1) is 13.5. The van der Waals surface area contributed by atoms with E-state index in [0.717, 1.165) is 12.0 Å². The summed E-state index contributed by atoms with van der Waals surface area (Å²) in [6.07, 6.45) is 6.98. The molecule has 0 radical (unpaired) electrons. The number of rotatable bonds is 3. The van der Waals surface area contributed by atoms with Crippen LogP contribution in [-0.4, -0.2) is 13.1 Å². The van der Waals surface area contributed by atoms with Gasteiger partial charge in [-0.15, -0.1) is 0 Å². The van der Waals surface area contributed by atoms with Crippen LogP contribution in [0.4, 0.5) is 8.78 Å². The van der Waals surface area contributed by atoms with E-state index in [1.54, 1.807) is 6.07 Å². The summed E-state index contributed by atoms with van der Waals surface area (Å²) in [5, 5.41) is 3.37. The Balaban J connectivity index is 2.07. The lowest BCUT2D eigenvalue weighted by Crippen LogP contribution is -2.33. The van der Waals surface area contributed by atoms with E-state index in [0.29, 0.717) is 12.0 Å². The first-order valence-electron chi connectivity index (χ1n) is 6.82. The minimum absolute atomic E-state index is 0.501. The van der Waals surface area contributed by atoms with E-state index in [1.807, 2.05) is 7.05 Å². The summed E-state index contributed by atoms with van der Waals surface area (Å²) < 4.78 is 26.1. The zero-order valence-corrected chi connectivity index (χ0v) is 10.9. The fourth-order valence-corrected chi connectivity index (χ4v) is 2.98. The lowest BCUT2D eigenvalue weighted by molar-refractivity contribution is 0.349. The molecule has 1 saturated carbocycles. The summed E-state index contributed by atoms with van der Waals surface area (Å²) in [5.74, 6) is -0.964. The molecule has 0 aromatic heterocycles. The van der Waals surface area contributed by atoms with Gasteiger partial charge in [0.2, 0.25) is 0 Å². The second kappa shape index (κ2) is 6.28. The van der Waals surface area contributed by atoms with Crippen molar-refractivity contribution in [3.63, 3.8) is 0 Å². The molecule has 1 aromatic carbocycles. The topological polar surface area (TPSA) is 12.0 Å². The molecule has 1 fully saturated rings. The van der Waals surface area contributed by atoms with Crippen molar-refractivity contribution in [2.24, 2.45) is 5.92 Å². The van der Waals surface area contributed by atoms with Crippen LogP contribution in [0.1, 0.15) is 37.7 Å². The molecule has 1 nitrogen and oxygen atoms in total. The van der Waals surface area contributed by atoms with Crippen LogP contribution in [0.15, 0.2) is 18.2 Å². The van der Waals surface area contributed by atoms with Crippen LogP contribution in [0, 0.1) is 17.6 Å². The van der Waals surface area contributed by atoms with E-state index in [1.165, 1.54) is 44.2 Å². The van der Waals surface area contributed by atoms with E-state index < -0.39 is 11.6 Å². The van der Waals surface area contributed by atoms with Gasteiger partial charge in [-0.2, -0.15) is 0 Å². The Morgan fingerprint density at radius 2 is 1.89 bits per heavy atom. The molecule has 1 aliphatic rings. The van der Waals surface area contributed by atoms with Crippen LogP contribution in [0.25, 0.3) is 0 Å². The highest BCUT2D eigenvalue weighted by Gasteiger charge is 2.22. The Morgan fingerprint density at radius 1 is 1.11 bits per heavy atom. The summed E-state index contributed by atoms with van der Waals surface area (Å²) in [4.78, 5) is 0. The van der Waals surface area contributed by atoms with E-state index >= 15 is 0 Å². The molecule has 18 heavy (non-hydrogen) atoms. The molecule has 0 aliphatic heterocycles. The lowest BCUT2D eigenvalue weighted by Gasteiger charge is -2.24. The fraction of sp³-hybridized carbons (Fsp3) is 0.600. The zero-order chi connectivity index (χ0) is 13.0. The number of benzene rings is 1. The minimum atomic E-state index is -0.759. The molecule has 0 amide bonds. The maximum atomic E-state index is 13.2. The van der Waals surface area contributed by atoms with Crippen LogP contribution >= 0.6 is 0 Å². The third kappa shape index (κ3) is 3.29. The molecule has 0 saturated heterocycles. The van der Waals surface area contributed by atoms with Crippen molar-refractivity contribution in [1.82, 2.24) is 5.32 Å². The molecule has 1 aromatic rings. The molecular formula is C15H21F2N. The maximum Gasteiger partial charge on any atom is 0.159 e. The Labute approximate surface area is 108 Å². The van der Waals surface area contributed by atoms with E-state index in [4.69, 9.17) is 0 Å². The van der Waals surface area contributed by atoms with Crippen molar-refractivity contribution in [2.75, 3.05) is 7.05 Å². The van der Waals surface area contributed by atoms with Crippen molar-refractivity contribution in [1.29, 1.82) is 0 Å². The van der Waals surface area contributed by atoms with Crippen molar-refractivity contribution >= 4 is 0 Å². The van der Waals surface area contributed by atoms with Crippen molar-refractivity contribution in [2.45, 2.75) is 44.6 Å². The first-order chi connectivity index (χ1) is 8.70. The molecule has 1 aliphatic carbocycles. The van der Waals surface area contributed by atoms with Crippen LogP contribution in [0.5, 0.6) is 0 Å². The SMILES string of the molecule is CNC1CCCCCC1Cc1ccc(F)c(F)c1. The van der Waals surface area contributed by atoms with Crippen molar-refractivity contribution < 1.29 is 8.78 Å². The van der Waals surface area contributed by atoms with E-state index in [-0.39, 0.29) is 0 Å². The van der Waals surface area contributed by atoms with Gasteiger partial charge in [0.15, 0.2) is 11.6 Å². The summed E-state index contributed by atoms with van der Waals surface area (Å²) in [6.45, 7) is 0. The van der Waals surface area contributed by atoms with Crippen LogP contribution in [0.2, 0.25) is 0 Å². The third-order valence-corrected chi connectivity index (χ3v) is 4.01. The van der Waals surface area contributed by atoms with Gasteiger partial charge in [0.05, 0.1) is 0 Å². The molecule has 100 valence electrons. The number of hydrogen-bond donors (Lipinski definition) is 1. The molecule has 3 heteroatoms. The van der Waals surface area contributed by atoms with Crippen LogP contribution in [-0.2, 0) is 6.42 Å². The number of halogens is 2. The lowest BCUT2D eigenvalue weighted by atomic mass is 9.88. The van der Waals surface area contributed by atoms with Gasteiger partial charge in [-0.3, -0.25) is 0 Å². The largest absolute Gasteiger partial charge is 0.317 e. The molecule has 0 bridgehead atoms. The first-order valence-corrected chi connectivity index (χ1v) is 6.82. The normalized spacial score (nSPS) is 24.8. The molecular weight excluding hydrogens is 232 g/mol. The molecule has 2 rings (SSSR count). The fourth-order valence-electron chi connectivity index (χ4n) is 2.98. The number of hydrogen-bond acceptors (Lipinski definition) is 1. The van der Waals surface area contributed by atoms with E-state index in [9.17, 15) is 8.78 Å². The Morgan fingerprint density at radius 3 is 2.61 bits per heavy atom. The predicted molar refractivity (Wildman–Crippen MR) is 69.5 cm³/mol. The molecule has 0 spiro atoms. The van der Waals surface area contributed by atoms with Gasteiger partial charge in [-0.25, -0.2) is 8.78 Å². The average Bonchev–Trinajstić information content (AvgIpc) is 2.59. The van der Waals surface area contributed by atoms with Gasteiger partial charge < -0.3 is 5.32 Å². The molecule has 2 atom stereocenters. The average molecular weight is 253 g/mol. The van der Waals surface area contributed by atoms with E-state index in [2.05, 4.69) is 5.32 Å². The van der Waals surface area contributed by atoms with Gasteiger partial charge in [0, 0.05) is 6.04 Å². The van der Waals surface area contributed by atoms with Crippen LogP contribution < -0.4 is 5.32 Å².